The van der Waals surface area contributed by atoms with Crippen LogP contribution >= 0.6 is 11.3 Å². The van der Waals surface area contributed by atoms with Crippen LogP contribution in [0.3, 0.4) is 0 Å². The molecule has 0 unspecified atom stereocenters. The van der Waals surface area contributed by atoms with Crippen molar-refractivity contribution in [3.63, 3.8) is 0 Å². The third kappa shape index (κ3) is 4.29. The maximum absolute atomic E-state index is 12.3. The van der Waals surface area contributed by atoms with Gasteiger partial charge in [0, 0.05) is 24.3 Å². The highest BCUT2D eigenvalue weighted by Gasteiger charge is 2.09. The summed E-state index contributed by atoms with van der Waals surface area (Å²) in [5.41, 5.74) is 3.88. The van der Waals surface area contributed by atoms with Gasteiger partial charge < -0.3 is 10.6 Å². The van der Waals surface area contributed by atoms with Crippen LogP contribution in [0.2, 0.25) is 0 Å². The number of amides is 1. The quantitative estimate of drug-likeness (QED) is 0.858. The third-order valence-electron chi connectivity index (χ3n) is 3.17. The number of hydrogen-bond acceptors (Lipinski definition) is 4. The van der Waals surface area contributed by atoms with Gasteiger partial charge in [0.2, 0.25) is 0 Å². The molecule has 0 aliphatic rings. The van der Waals surface area contributed by atoms with Gasteiger partial charge in [0.15, 0.2) is 0 Å². The Morgan fingerprint density at radius 3 is 2.76 bits per heavy atom. The van der Waals surface area contributed by atoms with Crippen LogP contribution < -0.4 is 10.6 Å². The number of carbonyl (C=O) groups excluding carboxylic acids is 1. The molecule has 1 amide bonds. The van der Waals surface area contributed by atoms with E-state index in [1.54, 1.807) is 17.4 Å². The second-order valence-corrected chi connectivity index (χ2v) is 5.82. The summed E-state index contributed by atoms with van der Waals surface area (Å²) in [6.45, 7) is 7.47. The van der Waals surface area contributed by atoms with Crippen LogP contribution in [0.25, 0.3) is 0 Å². The molecule has 0 aliphatic heterocycles. The Bertz CT molecular complexity index is 622. The fraction of sp³-hybridized carbons (Fsp3) is 0.375. The van der Waals surface area contributed by atoms with Gasteiger partial charge in [0.05, 0.1) is 0 Å². The van der Waals surface area contributed by atoms with Crippen molar-refractivity contribution in [1.82, 2.24) is 10.3 Å². The van der Waals surface area contributed by atoms with Crippen LogP contribution in [0.15, 0.2) is 22.9 Å². The standard InChI is InChI=1S/C16H21N3OS/c1-4-5-17-15-7-13(6-12(3)19-15)16(20)18-8-14-10-21-9-11(14)2/h6-7,9-10H,4-5,8H2,1-3H3,(H,17,19)(H,18,20). The lowest BCUT2D eigenvalue weighted by Gasteiger charge is -2.09. The fourth-order valence-corrected chi connectivity index (χ4v) is 2.85. The van der Waals surface area contributed by atoms with Crippen LogP contribution in [0, 0.1) is 13.8 Å². The van der Waals surface area contributed by atoms with Crippen LogP contribution in [-0.4, -0.2) is 17.4 Å². The first kappa shape index (κ1) is 15.5. The van der Waals surface area contributed by atoms with Crippen molar-refractivity contribution in [2.45, 2.75) is 33.7 Å². The average molecular weight is 303 g/mol. The zero-order valence-electron chi connectivity index (χ0n) is 12.7. The van der Waals surface area contributed by atoms with E-state index in [0.717, 1.165) is 24.5 Å². The molecule has 2 heterocycles. The van der Waals surface area contributed by atoms with Crippen molar-refractivity contribution in [3.05, 3.63) is 45.3 Å². The molecule has 0 spiro atoms. The maximum atomic E-state index is 12.3. The second-order valence-electron chi connectivity index (χ2n) is 5.07. The molecule has 0 fully saturated rings. The lowest BCUT2D eigenvalue weighted by molar-refractivity contribution is 0.0950. The molecule has 0 atom stereocenters. The second kappa shape index (κ2) is 7.22. The summed E-state index contributed by atoms with van der Waals surface area (Å²) in [6.07, 6.45) is 1.02. The van der Waals surface area contributed by atoms with Crippen molar-refractivity contribution in [2.24, 2.45) is 0 Å². The van der Waals surface area contributed by atoms with Crippen molar-refractivity contribution < 1.29 is 4.79 Å². The Hall–Kier alpha value is -1.88. The molecule has 2 aromatic rings. The SMILES string of the molecule is CCCNc1cc(C(=O)NCc2cscc2C)cc(C)n1. The lowest BCUT2D eigenvalue weighted by Crippen LogP contribution is -2.23. The molecule has 2 rings (SSSR count). The summed E-state index contributed by atoms with van der Waals surface area (Å²) in [4.78, 5) is 16.7. The molecule has 0 aliphatic carbocycles. The van der Waals surface area contributed by atoms with Crippen LogP contribution in [0.5, 0.6) is 0 Å². The number of aryl methyl sites for hydroxylation is 2. The van der Waals surface area contributed by atoms with E-state index < -0.39 is 0 Å². The zero-order chi connectivity index (χ0) is 15.2. The van der Waals surface area contributed by atoms with Crippen LogP contribution in [0.4, 0.5) is 5.82 Å². The molecule has 112 valence electrons. The molecule has 0 saturated heterocycles. The smallest absolute Gasteiger partial charge is 0.251 e. The Kier molecular flexibility index (Phi) is 5.33. The number of hydrogen-bond donors (Lipinski definition) is 2. The van der Waals surface area contributed by atoms with Gasteiger partial charge in [-0.15, -0.1) is 0 Å². The highest BCUT2D eigenvalue weighted by atomic mass is 32.1. The number of anilines is 1. The van der Waals surface area contributed by atoms with Gasteiger partial charge in [-0.2, -0.15) is 11.3 Å². The summed E-state index contributed by atoms with van der Waals surface area (Å²) in [5.74, 6) is 0.694. The van der Waals surface area contributed by atoms with E-state index in [-0.39, 0.29) is 5.91 Å². The van der Waals surface area contributed by atoms with Gasteiger partial charge in [0.1, 0.15) is 5.82 Å². The zero-order valence-corrected chi connectivity index (χ0v) is 13.5. The van der Waals surface area contributed by atoms with Gasteiger partial charge in [-0.3, -0.25) is 4.79 Å². The summed E-state index contributed by atoms with van der Waals surface area (Å²) >= 11 is 1.66. The number of nitrogens with zero attached hydrogens (tertiary/aromatic N) is 1. The molecular weight excluding hydrogens is 282 g/mol. The summed E-state index contributed by atoms with van der Waals surface area (Å²) < 4.78 is 0. The van der Waals surface area contributed by atoms with E-state index in [2.05, 4.69) is 40.2 Å². The lowest BCUT2D eigenvalue weighted by atomic mass is 10.2. The van der Waals surface area contributed by atoms with Gasteiger partial charge >= 0.3 is 0 Å². The number of rotatable bonds is 6. The first-order valence-electron chi connectivity index (χ1n) is 7.12. The Morgan fingerprint density at radius 2 is 2.10 bits per heavy atom. The first-order chi connectivity index (χ1) is 10.1. The van der Waals surface area contributed by atoms with E-state index in [0.29, 0.717) is 12.1 Å². The highest BCUT2D eigenvalue weighted by Crippen LogP contribution is 2.14. The van der Waals surface area contributed by atoms with E-state index in [1.165, 1.54) is 11.1 Å². The molecule has 21 heavy (non-hydrogen) atoms. The van der Waals surface area contributed by atoms with E-state index in [9.17, 15) is 4.79 Å². The predicted octanol–water partition coefficient (Wildman–Crippen LogP) is 3.51. The molecule has 0 aromatic carbocycles. The van der Waals surface area contributed by atoms with Gasteiger partial charge in [-0.25, -0.2) is 4.98 Å². The first-order valence-corrected chi connectivity index (χ1v) is 8.07. The van der Waals surface area contributed by atoms with E-state index >= 15 is 0 Å². The molecular formula is C16H21N3OS. The fourth-order valence-electron chi connectivity index (χ4n) is 1.99. The average Bonchev–Trinajstić information content (AvgIpc) is 2.87. The van der Waals surface area contributed by atoms with Gasteiger partial charge in [0.25, 0.3) is 5.91 Å². The van der Waals surface area contributed by atoms with Crippen LogP contribution in [-0.2, 0) is 6.54 Å². The summed E-state index contributed by atoms with van der Waals surface area (Å²) in [6, 6.07) is 3.62. The monoisotopic (exact) mass is 303 g/mol. The van der Waals surface area contributed by atoms with Crippen LogP contribution in [0.1, 0.15) is 40.5 Å². The Labute approximate surface area is 129 Å². The van der Waals surface area contributed by atoms with Crippen molar-refractivity contribution >= 4 is 23.1 Å². The minimum atomic E-state index is -0.0642. The third-order valence-corrected chi connectivity index (χ3v) is 4.08. The number of nitrogens with one attached hydrogen (secondary N) is 2. The van der Waals surface area contributed by atoms with E-state index in [4.69, 9.17) is 0 Å². The Morgan fingerprint density at radius 1 is 1.29 bits per heavy atom. The number of pyridine rings is 1. The van der Waals surface area contributed by atoms with Gasteiger partial charge in [-0.1, -0.05) is 6.92 Å². The molecule has 0 bridgehead atoms. The normalized spacial score (nSPS) is 10.4. The topological polar surface area (TPSA) is 54.0 Å². The maximum Gasteiger partial charge on any atom is 0.251 e. The van der Waals surface area contributed by atoms with Crippen molar-refractivity contribution in [1.29, 1.82) is 0 Å². The minimum Gasteiger partial charge on any atom is -0.370 e. The van der Waals surface area contributed by atoms with Crippen molar-refractivity contribution in [2.75, 3.05) is 11.9 Å². The summed E-state index contributed by atoms with van der Waals surface area (Å²) in [7, 11) is 0. The molecule has 0 saturated carbocycles. The highest BCUT2D eigenvalue weighted by molar-refractivity contribution is 7.08. The number of thiophene rings is 1. The number of aromatic nitrogens is 1. The largest absolute Gasteiger partial charge is 0.370 e. The summed E-state index contributed by atoms with van der Waals surface area (Å²) in [5, 5.41) is 10.3. The molecule has 2 aromatic heterocycles. The minimum absolute atomic E-state index is 0.0642. The predicted molar refractivity (Wildman–Crippen MR) is 88.0 cm³/mol. The molecule has 4 nitrogen and oxygen atoms in total. The molecule has 5 heteroatoms. The molecule has 2 N–H and O–H groups in total. The van der Waals surface area contributed by atoms with Crippen molar-refractivity contribution in [3.8, 4) is 0 Å². The number of carbonyl (C=O) groups is 1. The van der Waals surface area contributed by atoms with E-state index in [1.807, 2.05) is 13.0 Å². The Balaban J connectivity index is 2.04. The molecule has 0 radical (unpaired) electrons. The van der Waals surface area contributed by atoms with Gasteiger partial charge in [-0.05, 0) is 54.3 Å².